The molecule has 0 unspecified atom stereocenters. The molecule has 5 heteroatoms. The van der Waals surface area contributed by atoms with Crippen molar-refractivity contribution in [3.05, 3.63) is 158 Å². The molecule has 0 amide bonds. The fraction of sp³-hybridized carbons (Fsp3) is 0. The standard InChI is InChI=1S/C43H26N4O/c1-2-13-28(14-3-1)41-44-42(46-43(45-41)47-35-20-8-6-16-32(35)33-17-7-9-21-36(33)47)34-19-11-23-38-40(34)39-31(18-10-22-37(39)48-38)30-25-24-27-12-4-5-15-29(27)26-30/h1-26H. The van der Waals surface area contributed by atoms with Crippen LogP contribution in [0.1, 0.15) is 0 Å². The van der Waals surface area contributed by atoms with Crippen molar-refractivity contribution in [3.63, 3.8) is 0 Å². The summed E-state index contributed by atoms with van der Waals surface area (Å²) in [4.78, 5) is 15.5. The van der Waals surface area contributed by atoms with E-state index >= 15 is 0 Å². The molecule has 10 aromatic rings. The number of furan rings is 1. The van der Waals surface area contributed by atoms with Crippen molar-refractivity contribution in [2.75, 3.05) is 0 Å². The lowest BCUT2D eigenvalue weighted by Gasteiger charge is -2.12. The van der Waals surface area contributed by atoms with Crippen LogP contribution in [0.5, 0.6) is 0 Å². The number of benzene rings is 7. The van der Waals surface area contributed by atoms with Crippen LogP contribution in [0.4, 0.5) is 0 Å². The largest absolute Gasteiger partial charge is 0.456 e. The molecule has 0 saturated heterocycles. The molecule has 0 spiro atoms. The van der Waals surface area contributed by atoms with Gasteiger partial charge in [-0.05, 0) is 52.2 Å². The normalized spacial score (nSPS) is 11.8. The Morgan fingerprint density at radius 3 is 1.77 bits per heavy atom. The molecule has 3 heterocycles. The summed E-state index contributed by atoms with van der Waals surface area (Å²) in [7, 11) is 0. The number of para-hydroxylation sites is 2. The number of rotatable bonds is 4. The lowest BCUT2D eigenvalue weighted by molar-refractivity contribution is 0.669. The van der Waals surface area contributed by atoms with Gasteiger partial charge in [0.15, 0.2) is 11.6 Å². The van der Waals surface area contributed by atoms with E-state index in [9.17, 15) is 0 Å². The number of hydrogen-bond donors (Lipinski definition) is 0. The molecule has 48 heavy (non-hydrogen) atoms. The summed E-state index contributed by atoms with van der Waals surface area (Å²) in [5.74, 6) is 1.76. The van der Waals surface area contributed by atoms with Gasteiger partial charge in [0, 0.05) is 32.7 Å². The van der Waals surface area contributed by atoms with E-state index in [2.05, 4.69) is 114 Å². The molecule has 0 radical (unpaired) electrons. The summed E-state index contributed by atoms with van der Waals surface area (Å²) in [6.45, 7) is 0. The SMILES string of the molecule is c1ccc(-c2nc(-c3cccc4oc5cccc(-c6ccc7ccccc7c6)c5c34)nc(-n3c4ccccc4c4ccccc43)n2)cc1. The Balaban J connectivity index is 1.28. The quantitative estimate of drug-likeness (QED) is 0.198. The van der Waals surface area contributed by atoms with E-state index in [-0.39, 0.29) is 0 Å². The Morgan fingerprint density at radius 2 is 1.02 bits per heavy atom. The molecule has 0 N–H and O–H groups in total. The minimum atomic E-state index is 0.566. The molecule has 0 saturated carbocycles. The molecule has 0 aliphatic rings. The van der Waals surface area contributed by atoms with E-state index < -0.39 is 0 Å². The van der Waals surface area contributed by atoms with Gasteiger partial charge in [-0.1, -0.05) is 127 Å². The average molecular weight is 615 g/mol. The second kappa shape index (κ2) is 10.5. The van der Waals surface area contributed by atoms with Crippen LogP contribution in [0.15, 0.2) is 162 Å². The predicted octanol–water partition coefficient (Wildman–Crippen LogP) is 11.0. The zero-order chi connectivity index (χ0) is 31.6. The maximum atomic E-state index is 6.52. The Hall–Kier alpha value is -6.59. The van der Waals surface area contributed by atoms with E-state index in [1.54, 1.807) is 0 Å². The van der Waals surface area contributed by atoms with Crippen LogP contribution in [-0.2, 0) is 0 Å². The number of aromatic nitrogens is 4. The zero-order valence-corrected chi connectivity index (χ0v) is 25.7. The van der Waals surface area contributed by atoms with Gasteiger partial charge in [-0.25, -0.2) is 4.98 Å². The van der Waals surface area contributed by atoms with Crippen LogP contribution in [0.3, 0.4) is 0 Å². The predicted molar refractivity (Wildman–Crippen MR) is 195 cm³/mol. The molecule has 0 aliphatic carbocycles. The third kappa shape index (κ3) is 4.08. The van der Waals surface area contributed by atoms with Gasteiger partial charge in [-0.15, -0.1) is 0 Å². The Bertz CT molecular complexity index is 2800. The van der Waals surface area contributed by atoms with Crippen molar-refractivity contribution in [3.8, 4) is 39.9 Å². The van der Waals surface area contributed by atoms with Gasteiger partial charge in [0.05, 0.1) is 11.0 Å². The van der Waals surface area contributed by atoms with Crippen molar-refractivity contribution in [2.24, 2.45) is 0 Å². The van der Waals surface area contributed by atoms with E-state index in [4.69, 9.17) is 19.4 Å². The van der Waals surface area contributed by atoms with Gasteiger partial charge in [0.2, 0.25) is 5.95 Å². The number of fused-ring (bicyclic) bond motifs is 7. The van der Waals surface area contributed by atoms with Crippen LogP contribution in [0.25, 0.3) is 94.4 Å². The van der Waals surface area contributed by atoms with Crippen LogP contribution >= 0.6 is 0 Å². The summed E-state index contributed by atoms with van der Waals surface area (Å²) in [6.07, 6.45) is 0. The van der Waals surface area contributed by atoms with Gasteiger partial charge in [-0.3, -0.25) is 4.57 Å². The smallest absolute Gasteiger partial charge is 0.238 e. The van der Waals surface area contributed by atoms with Gasteiger partial charge in [0.25, 0.3) is 0 Å². The molecule has 0 bridgehead atoms. The molecule has 0 atom stereocenters. The first-order valence-corrected chi connectivity index (χ1v) is 16.0. The first kappa shape index (κ1) is 26.6. The van der Waals surface area contributed by atoms with Crippen molar-refractivity contribution in [2.45, 2.75) is 0 Å². The van der Waals surface area contributed by atoms with E-state index in [1.807, 2.05) is 48.5 Å². The van der Waals surface area contributed by atoms with Crippen molar-refractivity contribution in [1.29, 1.82) is 0 Å². The maximum absolute atomic E-state index is 6.52. The molecular formula is C43H26N4O. The van der Waals surface area contributed by atoms with E-state index in [0.29, 0.717) is 17.6 Å². The molecule has 0 aliphatic heterocycles. The van der Waals surface area contributed by atoms with Crippen LogP contribution in [0, 0.1) is 0 Å². The van der Waals surface area contributed by atoms with Gasteiger partial charge in [-0.2, -0.15) is 9.97 Å². The summed E-state index contributed by atoms with van der Waals surface area (Å²) in [6, 6.07) is 54.4. The van der Waals surface area contributed by atoms with Crippen molar-refractivity contribution >= 4 is 54.5 Å². The molecule has 0 fully saturated rings. The zero-order valence-electron chi connectivity index (χ0n) is 25.7. The highest BCUT2D eigenvalue weighted by Crippen LogP contribution is 2.42. The molecule has 3 aromatic heterocycles. The Morgan fingerprint density at radius 1 is 0.417 bits per heavy atom. The Kier molecular flexibility index (Phi) is 5.81. The first-order chi connectivity index (χ1) is 23.8. The van der Waals surface area contributed by atoms with E-state index in [1.165, 1.54) is 10.8 Å². The Labute approximate surface area is 275 Å². The van der Waals surface area contributed by atoms with Crippen molar-refractivity contribution < 1.29 is 4.42 Å². The third-order valence-electron chi connectivity index (χ3n) is 9.26. The highest BCUT2D eigenvalue weighted by atomic mass is 16.3. The maximum Gasteiger partial charge on any atom is 0.238 e. The van der Waals surface area contributed by atoms with Crippen molar-refractivity contribution in [1.82, 2.24) is 19.5 Å². The fourth-order valence-electron chi connectivity index (χ4n) is 7.09. The van der Waals surface area contributed by atoms with Crippen LogP contribution < -0.4 is 0 Å². The second-order valence-electron chi connectivity index (χ2n) is 12.0. The third-order valence-corrected chi connectivity index (χ3v) is 9.26. The fourth-order valence-corrected chi connectivity index (χ4v) is 7.09. The van der Waals surface area contributed by atoms with Gasteiger partial charge >= 0.3 is 0 Å². The minimum absolute atomic E-state index is 0.566. The molecule has 224 valence electrons. The summed E-state index contributed by atoms with van der Waals surface area (Å²) >= 11 is 0. The lowest BCUT2D eigenvalue weighted by atomic mass is 9.95. The topological polar surface area (TPSA) is 56.7 Å². The summed E-state index contributed by atoms with van der Waals surface area (Å²) in [5, 5.41) is 6.73. The number of nitrogens with zero attached hydrogens (tertiary/aromatic N) is 4. The average Bonchev–Trinajstić information content (AvgIpc) is 3.71. The summed E-state index contributed by atoms with van der Waals surface area (Å²) < 4.78 is 8.67. The summed E-state index contributed by atoms with van der Waals surface area (Å²) in [5.41, 5.74) is 7.73. The highest BCUT2D eigenvalue weighted by Gasteiger charge is 2.21. The van der Waals surface area contributed by atoms with Gasteiger partial charge < -0.3 is 4.42 Å². The van der Waals surface area contributed by atoms with E-state index in [0.717, 1.165) is 66.0 Å². The minimum Gasteiger partial charge on any atom is -0.456 e. The molecule has 7 aromatic carbocycles. The molecular weight excluding hydrogens is 589 g/mol. The monoisotopic (exact) mass is 614 g/mol. The molecule has 5 nitrogen and oxygen atoms in total. The number of hydrogen-bond acceptors (Lipinski definition) is 4. The molecule has 10 rings (SSSR count). The van der Waals surface area contributed by atoms with Crippen LogP contribution in [0.2, 0.25) is 0 Å². The van der Waals surface area contributed by atoms with Crippen LogP contribution in [-0.4, -0.2) is 19.5 Å². The lowest BCUT2D eigenvalue weighted by Crippen LogP contribution is -2.06. The highest BCUT2D eigenvalue weighted by molar-refractivity contribution is 6.18. The van der Waals surface area contributed by atoms with Gasteiger partial charge in [0.1, 0.15) is 11.2 Å². The second-order valence-corrected chi connectivity index (χ2v) is 12.0. The first-order valence-electron chi connectivity index (χ1n) is 16.0.